The van der Waals surface area contributed by atoms with Crippen LogP contribution in [0.15, 0.2) is 12.4 Å². The van der Waals surface area contributed by atoms with E-state index in [4.69, 9.17) is 5.11 Å². The molecule has 118 valence electrons. The first-order valence-corrected chi connectivity index (χ1v) is 7.88. The number of carbonyl (C=O) groups is 2. The fourth-order valence-electron chi connectivity index (χ4n) is 4.06. The summed E-state index contributed by atoms with van der Waals surface area (Å²) in [6, 6.07) is 0.000167. The van der Waals surface area contributed by atoms with E-state index in [-0.39, 0.29) is 18.0 Å². The van der Waals surface area contributed by atoms with Gasteiger partial charge in [-0.15, -0.1) is 0 Å². The Morgan fingerprint density at radius 3 is 2.68 bits per heavy atom. The van der Waals surface area contributed by atoms with Gasteiger partial charge in [-0.2, -0.15) is 0 Å². The highest BCUT2D eigenvalue weighted by Gasteiger charge is 2.72. The summed E-state index contributed by atoms with van der Waals surface area (Å²) >= 11 is 0. The molecular formula is C15H20N4O3. The fraction of sp³-hybridized carbons (Fsp3) is 0.667. The molecule has 0 radical (unpaired) electrons. The number of carbonyl (C=O) groups excluding carboxylic acids is 1. The molecule has 1 aromatic rings. The van der Waals surface area contributed by atoms with Gasteiger partial charge in [0, 0.05) is 37.4 Å². The van der Waals surface area contributed by atoms with Crippen LogP contribution in [0.2, 0.25) is 0 Å². The van der Waals surface area contributed by atoms with Crippen LogP contribution in [0.4, 0.5) is 4.79 Å². The number of hydrogen-bond donors (Lipinski definition) is 3. The normalized spacial score (nSPS) is 33.7. The molecule has 4 rings (SSSR count). The minimum Gasteiger partial charge on any atom is -0.481 e. The van der Waals surface area contributed by atoms with Gasteiger partial charge < -0.3 is 20.3 Å². The predicted octanol–water partition coefficient (Wildman–Crippen LogP) is 1.16. The molecule has 2 heterocycles. The molecule has 0 bridgehead atoms. The van der Waals surface area contributed by atoms with Crippen molar-refractivity contribution in [3.8, 4) is 0 Å². The summed E-state index contributed by atoms with van der Waals surface area (Å²) in [7, 11) is 0. The Labute approximate surface area is 128 Å². The van der Waals surface area contributed by atoms with Crippen LogP contribution in [0.3, 0.4) is 0 Å². The number of carboxylic acid groups (broad SMARTS) is 1. The number of aromatic amines is 1. The molecule has 3 aliphatic rings. The first kappa shape index (κ1) is 13.6. The van der Waals surface area contributed by atoms with Crippen molar-refractivity contribution in [1.82, 2.24) is 20.2 Å². The second-order valence-electron chi connectivity index (χ2n) is 6.77. The van der Waals surface area contributed by atoms with Crippen molar-refractivity contribution < 1.29 is 14.7 Å². The van der Waals surface area contributed by atoms with Crippen LogP contribution >= 0.6 is 0 Å². The fourth-order valence-corrected chi connectivity index (χ4v) is 4.06. The van der Waals surface area contributed by atoms with Gasteiger partial charge in [0.1, 0.15) is 5.82 Å². The Balaban J connectivity index is 1.26. The Kier molecular flexibility index (Phi) is 2.92. The largest absolute Gasteiger partial charge is 0.481 e. The number of likely N-dealkylation sites (tertiary alicyclic amines) is 1. The molecule has 3 atom stereocenters. The monoisotopic (exact) mass is 304 g/mol. The number of piperidine rings is 1. The molecule has 0 spiro atoms. The summed E-state index contributed by atoms with van der Waals surface area (Å²) in [5.41, 5.74) is -0.510. The van der Waals surface area contributed by atoms with E-state index in [1.54, 1.807) is 6.20 Å². The average Bonchev–Trinajstić information content (AvgIpc) is 2.89. The zero-order chi connectivity index (χ0) is 15.3. The van der Waals surface area contributed by atoms with Gasteiger partial charge in [0.15, 0.2) is 0 Å². The Hall–Kier alpha value is -2.05. The maximum Gasteiger partial charge on any atom is 0.317 e. The second kappa shape index (κ2) is 4.72. The van der Waals surface area contributed by atoms with Crippen LogP contribution < -0.4 is 5.32 Å². The van der Waals surface area contributed by atoms with Crippen LogP contribution in [0.1, 0.15) is 37.4 Å². The zero-order valence-electron chi connectivity index (χ0n) is 12.3. The predicted molar refractivity (Wildman–Crippen MR) is 77.2 cm³/mol. The molecule has 0 unspecified atom stereocenters. The van der Waals surface area contributed by atoms with Gasteiger partial charge in [-0.25, -0.2) is 9.78 Å². The van der Waals surface area contributed by atoms with Gasteiger partial charge in [-0.1, -0.05) is 0 Å². The van der Waals surface area contributed by atoms with Crippen molar-refractivity contribution >= 4 is 12.0 Å². The van der Waals surface area contributed by atoms with Crippen LogP contribution in [0, 0.1) is 11.3 Å². The molecule has 2 amide bonds. The number of urea groups is 1. The molecule has 0 aromatic carbocycles. The number of H-pyrrole nitrogens is 1. The van der Waals surface area contributed by atoms with Crippen molar-refractivity contribution in [2.75, 3.05) is 13.1 Å². The topological polar surface area (TPSA) is 98.3 Å². The van der Waals surface area contributed by atoms with Gasteiger partial charge >= 0.3 is 12.0 Å². The van der Waals surface area contributed by atoms with Crippen LogP contribution in [-0.4, -0.2) is 51.1 Å². The maximum atomic E-state index is 12.3. The first-order chi connectivity index (χ1) is 10.6. The van der Waals surface area contributed by atoms with Crippen molar-refractivity contribution in [2.24, 2.45) is 11.3 Å². The number of nitrogens with zero attached hydrogens (tertiary/aromatic N) is 2. The molecule has 2 saturated carbocycles. The van der Waals surface area contributed by atoms with Gasteiger partial charge in [-0.3, -0.25) is 4.79 Å². The van der Waals surface area contributed by atoms with Gasteiger partial charge in [0.05, 0.1) is 5.41 Å². The van der Waals surface area contributed by atoms with Crippen LogP contribution in [0.5, 0.6) is 0 Å². The summed E-state index contributed by atoms with van der Waals surface area (Å²) in [6.07, 6.45) is 6.71. The van der Waals surface area contributed by atoms with Gasteiger partial charge in [-0.05, 0) is 31.6 Å². The molecule has 7 nitrogen and oxygen atoms in total. The molecular weight excluding hydrogens is 284 g/mol. The minimum absolute atomic E-state index is 0.0474. The third kappa shape index (κ3) is 1.99. The number of amides is 2. The number of fused-ring (bicyclic) bond motifs is 1. The number of rotatable bonds is 3. The maximum absolute atomic E-state index is 12.3. The van der Waals surface area contributed by atoms with Crippen LogP contribution in [-0.2, 0) is 4.79 Å². The standard InChI is InChI=1S/C15H20N4O3/c20-13(21)15-7-10(15)11(8-15)18-14(22)19-5-1-9(2-6-19)12-16-3-4-17-12/h3-4,9-11H,1-2,5-8H2,(H,16,17)(H,18,22)(H,20,21)/t10-,11+,15-/m0/s1. The molecule has 2 aliphatic carbocycles. The molecule has 3 fully saturated rings. The minimum atomic E-state index is -0.706. The Morgan fingerprint density at radius 1 is 1.36 bits per heavy atom. The highest BCUT2D eigenvalue weighted by atomic mass is 16.4. The van der Waals surface area contributed by atoms with E-state index < -0.39 is 11.4 Å². The number of aliphatic carboxylic acids is 1. The van der Waals surface area contributed by atoms with Gasteiger partial charge in [0.2, 0.25) is 0 Å². The van der Waals surface area contributed by atoms with Crippen molar-refractivity contribution in [3.05, 3.63) is 18.2 Å². The lowest BCUT2D eigenvalue weighted by molar-refractivity contribution is -0.147. The first-order valence-electron chi connectivity index (χ1n) is 7.88. The molecule has 1 saturated heterocycles. The van der Waals surface area contributed by atoms with E-state index in [2.05, 4.69) is 15.3 Å². The van der Waals surface area contributed by atoms with E-state index >= 15 is 0 Å². The number of carboxylic acids is 1. The lowest BCUT2D eigenvalue weighted by Crippen LogP contribution is -2.53. The summed E-state index contributed by atoms with van der Waals surface area (Å²) in [5.74, 6) is 0.839. The number of imidazole rings is 1. The lowest BCUT2D eigenvalue weighted by atomic mass is 9.80. The van der Waals surface area contributed by atoms with Crippen LogP contribution in [0.25, 0.3) is 0 Å². The Bertz CT molecular complexity index is 594. The molecule has 1 aliphatic heterocycles. The molecule has 1 aromatic heterocycles. The quantitative estimate of drug-likeness (QED) is 0.780. The number of hydrogen-bond acceptors (Lipinski definition) is 3. The van der Waals surface area contributed by atoms with E-state index in [9.17, 15) is 9.59 Å². The van der Waals surface area contributed by atoms with Crippen molar-refractivity contribution in [2.45, 2.75) is 37.6 Å². The second-order valence-corrected chi connectivity index (χ2v) is 6.77. The van der Waals surface area contributed by atoms with Gasteiger partial charge in [0.25, 0.3) is 0 Å². The highest BCUT2D eigenvalue weighted by molar-refractivity contribution is 5.82. The summed E-state index contributed by atoms with van der Waals surface area (Å²) in [6.45, 7) is 1.44. The molecule has 7 heteroatoms. The smallest absolute Gasteiger partial charge is 0.317 e. The van der Waals surface area contributed by atoms with E-state index in [0.717, 1.165) is 31.8 Å². The van der Waals surface area contributed by atoms with E-state index in [1.165, 1.54) is 0 Å². The zero-order valence-corrected chi connectivity index (χ0v) is 12.3. The number of aromatic nitrogens is 2. The van der Waals surface area contributed by atoms with E-state index in [0.29, 0.717) is 18.8 Å². The highest BCUT2D eigenvalue weighted by Crippen LogP contribution is 2.67. The Morgan fingerprint density at radius 2 is 2.14 bits per heavy atom. The molecule has 3 N–H and O–H groups in total. The van der Waals surface area contributed by atoms with Crippen molar-refractivity contribution in [1.29, 1.82) is 0 Å². The lowest BCUT2D eigenvalue weighted by Gasteiger charge is -2.36. The number of nitrogens with one attached hydrogen (secondary N) is 2. The average molecular weight is 304 g/mol. The third-order valence-corrected chi connectivity index (χ3v) is 5.63. The molecule has 22 heavy (non-hydrogen) atoms. The summed E-state index contributed by atoms with van der Waals surface area (Å²) < 4.78 is 0. The summed E-state index contributed by atoms with van der Waals surface area (Å²) in [5, 5.41) is 12.1. The SMILES string of the molecule is O=C(N[C@@H]1C[C@@]2(C(=O)O)C[C@@H]12)N1CCC(c2ncc[nH]2)CC1. The summed E-state index contributed by atoms with van der Waals surface area (Å²) in [4.78, 5) is 32.6. The van der Waals surface area contributed by atoms with E-state index in [1.807, 2.05) is 11.1 Å². The van der Waals surface area contributed by atoms with Crippen molar-refractivity contribution in [3.63, 3.8) is 0 Å². The third-order valence-electron chi connectivity index (χ3n) is 5.63.